The summed E-state index contributed by atoms with van der Waals surface area (Å²) < 4.78 is 50.6. The largest absolute Gasteiger partial charge is 0.486 e. The molecule has 0 unspecified atom stereocenters. The maximum atomic E-state index is 13.2. The van der Waals surface area contributed by atoms with Crippen LogP contribution in [0.5, 0.6) is 11.5 Å². The van der Waals surface area contributed by atoms with Crippen LogP contribution in [0.4, 0.5) is 13.2 Å². The Morgan fingerprint density at radius 1 is 0.800 bits per heavy atom. The summed E-state index contributed by atoms with van der Waals surface area (Å²) in [4.78, 5) is 28.4. The van der Waals surface area contributed by atoms with Crippen LogP contribution >= 0.6 is 0 Å². The van der Waals surface area contributed by atoms with E-state index in [1.54, 1.807) is 23.1 Å². The number of benzene rings is 2. The van der Waals surface area contributed by atoms with Crippen molar-refractivity contribution < 1.29 is 32.2 Å². The minimum absolute atomic E-state index is 0.154. The van der Waals surface area contributed by atoms with Crippen molar-refractivity contribution in [2.75, 3.05) is 39.4 Å². The molecule has 6 nitrogen and oxygen atoms in total. The number of halogens is 3. The van der Waals surface area contributed by atoms with Crippen LogP contribution < -0.4 is 9.47 Å². The number of carbonyl (C=O) groups is 2. The molecule has 1 saturated heterocycles. The lowest BCUT2D eigenvalue weighted by Crippen LogP contribution is -2.50. The molecule has 2 aliphatic rings. The lowest BCUT2D eigenvalue weighted by molar-refractivity contribution is -0.138. The normalized spacial score (nSPS) is 16.4. The van der Waals surface area contributed by atoms with Crippen LogP contribution in [0, 0.1) is 0 Å². The smallest absolute Gasteiger partial charge is 0.417 e. The van der Waals surface area contributed by atoms with Gasteiger partial charge in [0.1, 0.15) is 13.2 Å². The number of carbonyl (C=O) groups excluding carboxylic acids is 2. The third-order valence-electron chi connectivity index (χ3n) is 5.11. The van der Waals surface area contributed by atoms with Crippen LogP contribution in [0.1, 0.15) is 26.3 Å². The van der Waals surface area contributed by atoms with Crippen LogP contribution in [-0.2, 0) is 6.18 Å². The van der Waals surface area contributed by atoms with Crippen LogP contribution in [0.15, 0.2) is 42.5 Å². The first-order chi connectivity index (χ1) is 14.3. The number of rotatable bonds is 2. The highest BCUT2D eigenvalue weighted by Gasteiger charge is 2.36. The number of nitrogens with zero attached hydrogens (tertiary/aromatic N) is 2. The Morgan fingerprint density at radius 3 is 2.07 bits per heavy atom. The highest BCUT2D eigenvalue weighted by molar-refractivity contribution is 5.97. The third-order valence-corrected chi connectivity index (χ3v) is 5.11. The zero-order chi connectivity index (χ0) is 21.3. The average Bonchev–Trinajstić information content (AvgIpc) is 2.77. The van der Waals surface area contributed by atoms with Crippen LogP contribution in [0.25, 0.3) is 0 Å². The molecule has 9 heteroatoms. The zero-order valence-electron chi connectivity index (χ0n) is 15.9. The van der Waals surface area contributed by atoms with Crippen LogP contribution in [0.2, 0.25) is 0 Å². The first-order valence-corrected chi connectivity index (χ1v) is 9.49. The topological polar surface area (TPSA) is 59.1 Å². The van der Waals surface area contributed by atoms with E-state index >= 15 is 0 Å². The van der Waals surface area contributed by atoms with Gasteiger partial charge in [-0.15, -0.1) is 0 Å². The number of ether oxygens (including phenoxy) is 2. The Labute approximate surface area is 170 Å². The molecule has 0 spiro atoms. The van der Waals surface area contributed by atoms with Gasteiger partial charge >= 0.3 is 6.18 Å². The molecule has 2 aromatic rings. The molecule has 30 heavy (non-hydrogen) atoms. The van der Waals surface area contributed by atoms with E-state index in [1.165, 1.54) is 23.1 Å². The summed E-state index contributed by atoms with van der Waals surface area (Å²) in [6.45, 7) is 1.63. The maximum absolute atomic E-state index is 13.2. The molecule has 2 aromatic carbocycles. The van der Waals surface area contributed by atoms with Gasteiger partial charge in [0.2, 0.25) is 0 Å². The van der Waals surface area contributed by atoms with E-state index in [-0.39, 0.29) is 37.6 Å². The van der Waals surface area contributed by atoms with E-state index in [4.69, 9.17) is 9.47 Å². The number of hydrogen-bond acceptors (Lipinski definition) is 4. The van der Waals surface area contributed by atoms with Crippen molar-refractivity contribution in [3.05, 3.63) is 59.2 Å². The van der Waals surface area contributed by atoms with Gasteiger partial charge in [-0.05, 0) is 30.3 Å². The van der Waals surface area contributed by atoms with Gasteiger partial charge in [0.05, 0.1) is 11.1 Å². The summed E-state index contributed by atoms with van der Waals surface area (Å²) in [7, 11) is 0. The van der Waals surface area contributed by atoms with Gasteiger partial charge in [-0.25, -0.2) is 0 Å². The number of hydrogen-bond donors (Lipinski definition) is 0. The van der Waals surface area contributed by atoms with E-state index in [0.29, 0.717) is 30.3 Å². The van der Waals surface area contributed by atoms with Crippen molar-refractivity contribution >= 4 is 11.8 Å². The molecule has 2 aliphatic heterocycles. The van der Waals surface area contributed by atoms with Gasteiger partial charge in [-0.2, -0.15) is 13.2 Å². The fourth-order valence-corrected chi connectivity index (χ4v) is 3.56. The Balaban J connectivity index is 1.43. The second-order valence-corrected chi connectivity index (χ2v) is 6.99. The summed E-state index contributed by atoms with van der Waals surface area (Å²) in [5, 5.41) is 0. The van der Waals surface area contributed by atoms with Gasteiger partial charge < -0.3 is 19.3 Å². The number of piperazine rings is 1. The van der Waals surface area contributed by atoms with Crippen molar-refractivity contribution in [2.24, 2.45) is 0 Å². The summed E-state index contributed by atoms with van der Waals surface area (Å²) in [5.74, 6) is 0.172. The molecule has 158 valence electrons. The monoisotopic (exact) mass is 420 g/mol. The Kier molecular flexibility index (Phi) is 5.27. The van der Waals surface area contributed by atoms with Gasteiger partial charge in [-0.1, -0.05) is 12.1 Å². The molecule has 0 atom stereocenters. The zero-order valence-corrected chi connectivity index (χ0v) is 15.9. The van der Waals surface area contributed by atoms with Gasteiger partial charge in [0.15, 0.2) is 11.5 Å². The summed E-state index contributed by atoms with van der Waals surface area (Å²) in [6.07, 6.45) is -4.61. The highest BCUT2D eigenvalue weighted by atomic mass is 19.4. The molecule has 0 aliphatic carbocycles. The fourth-order valence-electron chi connectivity index (χ4n) is 3.56. The predicted octanol–water partition coefficient (Wildman–Crippen LogP) is 3.07. The molecule has 0 aromatic heterocycles. The molecule has 4 rings (SSSR count). The van der Waals surface area contributed by atoms with Crippen LogP contribution in [0.3, 0.4) is 0 Å². The molecular weight excluding hydrogens is 401 g/mol. The number of amides is 2. The van der Waals surface area contributed by atoms with Crippen LogP contribution in [-0.4, -0.2) is 61.0 Å². The van der Waals surface area contributed by atoms with Crippen molar-refractivity contribution in [1.29, 1.82) is 0 Å². The van der Waals surface area contributed by atoms with Crippen molar-refractivity contribution in [3.63, 3.8) is 0 Å². The first-order valence-electron chi connectivity index (χ1n) is 9.49. The van der Waals surface area contributed by atoms with E-state index in [0.717, 1.165) is 6.07 Å². The van der Waals surface area contributed by atoms with E-state index in [2.05, 4.69) is 0 Å². The van der Waals surface area contributed by atoms with Gasteiger partial charge in [-0.3, -0.25) is 9.59 Å². The molecular formula is C21H19F3N2O4. The van der Waals surface area contributed by atoms with Crippen molar-refractivity contribution in [2.45, 2.75) is 6.18 Å². The molecule has 1 fully saturated rings. The summed E-state index contributed by atoms with van der Waals surface area (Å²) in [6, 6.07) is 9.68. The quantitative estimate of drug-likeness (QED) is 0.750. The molecule has 0 radical (unpaired) electrons. The summed E-state index contributed by atoms with van der Waals surface area (Å²) in [5.41, 5.74) is -0.900. The second-order valence-electron chi connectivity index (χ2n) is 6.99. The fraction of sp³-hybridized carbons (Fsp3) is 0.333. The molecule has 2 heterocycles. The SMILES string of the molecule is O=C(c1ccc2c(c1)OCCO2)N1CCN(C(=O)c2ccccc2C(F)(F)F)CC1. The number of alkyl halides is 3. The van der Waals surface area contributed by atoms with Gasteiger partial charge in [0, 0.05) is 31.7 Å². The number of fused-ring (bicyclic) bond motifs is 1. The Morgan fingerprint density at radius 2 is 1.40 bits per heavy atom. The van der Waals surface area contributed by atoms with E-state index in [9.17, 15) is 22.8 Å². The second kappa shape index (κ2) is 7.89. The maximum Gasteiger partial charge on any atom is 0.417 e. The average molecular weight is 420 g/mol. The molecule has 0 N–H and O–H groups in total. The minimum atomic E-state index is -4.61. The Hall–Kier alpha value is -3.23. The lowest BCUT2D eigenvalue weighted by atomic mass is 10.1. The standard InChI is InChI=1S/C21H19F3N2O4/c22-21(23,24)16-4-2-1-3-15(16)20(28)26-9-7-25(8-10-26)19(27)14-5-6-17-18(13-14)30-12-11-29-17/h1-6,13H,7-12H2. The van der Waals surface area contributed by atoms with Crippen molar-refractivity contribution in [1.82, 2.24) is 9.80 Å². The van der Waals surface area contributed by atoms with E-state index < -0.39 is 17.6 Å². The molecule has 0 saturated carbocycles. The minimum Gasteiger partial charge on any atom is -0.486 e. The lowest BCUT2D eigenvalue weighted by Gasteiger charge is -2.35. The van der Waals surface area contributed by atoms with E-state index in [1.807, 2.05) is 0 Å². The third kappa shape index (κ3) is 3.92. The summed E-state index contributed by atoms with van der Waals surface area (Å²) >= 11 is 0. The van der Waals surface area contributed by atoms with Gasteiger partial charge in [0.25, 0.3) is 11.8 Å². The van der Waals surface area contributed by atoms with Crippen molar-refractivity contribution in [3.8, 4) is 11.5 Å². The first kappa shape index (κ1) is 20.1. The predicted molar refractivity (Wildman–Crippen MR) is 101 cm³/mol. The Bertz CT molecular complexity index is 969. The molecule has 2 amide bonds. The highest BCUT2D eigenvalue weighted by Crippen LogP contribution is 2.33. The molecule has 0 bridgehead atoms.